The fourth-order valence-corrected chi connectivity index (χ4v) is 5.99. The van der Waals surface area contributed by atoms with Crippen LogP contribution in [0.2, 0.25) is 0 Å². The lowest BCUT2D eigenvalue weighted by Crippen LogP contribution is -2.33. The highest BCUT2D eigenvalue weighted by molar-refractivity contribution is 5.61. The molecule has 2 bridgehead atoms. The molecule has 6 nitrogen and oxygen atoms in total. The Bertz CT molecular complexity index is 904. The number of nitrogens with one attached hydrogen (secondary N) is 1. The van der Waals surface area contributed by atoms with Crippen molar-refractivity contribution in [1.29, 1.82) is 0 Å². The minimum atomic E-state index is 0.580. The number of hydrogen-bond donors (Lipinski definition) is 1. The number of rotatable bonds is 5. The largest absolute Gasteiger partial charge is 0.365 e. The first-order chi connectivity index (χ1) is 13.6. The summed E-state index contributed by atoms with van der Waals surface area (Å²) in [6.45, 7) is 5.82. The molecule has 28 heavy (non-hydrogen) atoms. The van der Waals surface area contributed by atoms with Crippen molar-refractivity contribution >= 4 is 5.82 Å². The molecule has 6 heteroatoms. The molecule has 0 aromatic carbocycles. The number of hydrogen-bond acceptors (Lipinski definition) is 5. The van der Waals surface area contributed by atoms with Crippen molar-refractivity contribution in [2.75, 3.05) is 25.0 Å². The predicted molar refractivity (Wildman–Crippen MR) is 109 cm³/mol. The third-order valence-corrected chi connectivity index (χ3v) is 7.45. The minimum absolute atomic E-state index is 0.580. The molecule has 3 aliphatic carbocycles. The third kappa shape index (κ3) is 2.77. The smallest absolute Gasteiger partial charge is 0.148 e. The van der Waals surface area contributed by atoms with Gasteiger partial charge in [-0.05, 0) is 61.5 Å². The number of allylic oxidation sites excluding steroid dienone is 2. The van der Waals surface area contributed by atoms with Crippen LogP contribution in [0.1, 0.15) is 18.5 Å². The van der Waals surface area contributed by atoms with Crippen LogP contribution in [0.15, 0.2) is 30.5 Å². The summed E-state index contributed by atoms with van der Waals surface area (Å²) in [7, 11) is 1.93. The van der Waals surface area contributed by atoms with Gasteiger partial charge in [-0.15, -0.1) is 10.2 Å². The molecule has 1 saturated heterocycles. The monoisotopic (exact) mass is 376 g/mol. The van der Waals surface area contributed by atoms with E-state index in [1.807, 2.05) is 30.9 Å². The van der Waals surface area contributed by atoms with Gasteiger partial charge in [-0.3, -0.25) is 4.68 Å². The molecule has 6 rings (SSSR count). The van der Waals surface area contributed by atoms with Gasteiger partial charge < -0.3 is 10.2 Å². The summed E-state index contributed by atoms with van der Waals surface area (Å²) < 4.78 is 1.82. The van der Waals surface area contributed by atoms with Crippen LogP contribution >= 0.6 is 0 Å². The Morgan fingerprint density at radius 3 is 2.57 bits per heavy atom. The van der Waals surface area contributed by atoms with Crippen molar-refractivity contribution in [3.05, 3.63) is 36.2 Å². The van der Waals surface area contributed by atoms with E-state index in [4.69, 9.17) is 0 Å². The van der Waals surface area contributed by atoms with E-state index in [1.54, 1.807) is 0 Å². The average Bonchev–Trinajstić information content (AvgIpc) is 3.22. The topological polar surface area (TPSA) is 58.9 Å². The average molecular weight is 377 g/mol. The standard InChI is InChI=1S/C22H28N6/c1-13-17(10-27(2)26-13)20-5-6-21(25-24-20)23-22-18-11-28(12-19(18)22)9-16-8-14-3-4-15(16)7-14/h3-6,10,14-16,18-19,22H,7-9,11-12H2,1-2H3,(H,23,25)/t14?,15?,16?,18-,19?,22+/m1/s1. The van der Waals surface area contributed by atoms with Gasteiger partial charge in [-0.2, -0.15) is 5.10 Å². The highest BCUT2D eigenvalue weighted by Gasteiger charge is 2.56. The van der Waals surface area contributed by atoms with Crippen molar-refractivity contribution in [2.45, 2.75) is 25.8 Å². The Morgan fingerprint density at radius 1 is 1.11 bits per heavy atom. The second kappa shape index (κ2) is 6.14. The third-order valence-electron chi connectivity index (χ3n) is 7.45. The van der Waals surface area contributed by atoms with Crippen molar-refractivity contribution < 1.29 is 0 Å². The first-order valence-electron chi connectivity index (χ1n) is 10.7. The van der Waals surface area contributed by atoms with E-state index < -0.39 is 0 Å². The molecule has 146 valence electrons. The van der Waals surface area contributed by atoms with Crippen LogP contribution in [0.4, 0.5) is 5.82 Å². The maximum absolute atomic E-state index is 4.42. The fraction of sp³-hybridized carbons (Fsp3) is 0.591. The van der Waals surface area contributed by atoms with Gasteiger partial charge in [0.2, 0.25) is 0 Å². The van der Waals surface area contributed by atoms with Crippen molar-refractivity contribution in [2.24, 2.45) is 36.6 Å². The lowest BCUT2D eigenvalue weighted by molar-refractivity contribution is 0.232. The lowest BCUT2D eigenvalue weighted by Gasteiger charge is -2.26. The number of likely N-dealkylation sites (tertiary alicyclic amines) is 1. The van der Waals surface area contributed by atoms with Gasteiger partial charge in [0.15, 0.2) is 0 Å². The number of aromatic nitrogens is 4. The Balaban J connectivity index is 1.03. The molecule has 2 saturated carbocycles. The zero-order valence-electron chi connectivity index (χ0n) is 16.6. The van der Waals surface area contributed by atoms with Gasteiger partial charge in [0.05, 0.1) is 11.4 Å². The molecule has 3 fully saturated rings. The molecule has 3 heterocycles. The van der Waals surface area contributed by atoms with E-state index in [0.29, 0.717) is 6.04 Å². The number of anilines is 1. The molecule has 1 aliphatic heterocycles. The second-order valence-electron chi connectivity index (χ2n) is 9.36. The Labute approximate surface area is 166 Å². The molecule has 4 aliphatic rings. The van der Waals surface area contributed by atoms with Gasteiger partial charge in [-0.1, -0.05) is 12.2 Å². The number of piperidine rings is 1. The minimum Gasteiger partial charge on any atom is -0.365 e. The first kappa shape index (κ1) is 16.7. The summed E-state index contributed by atoms with van der Waals surface area (Å²) in [5, 5.41) is 16.9. The van der Waals surface area contributed by atoms with Crippen LogP contribution in [-0.4, -0.2) is 50.6 Å². The molecular formula is C22H28N6. The van der Waals surface area contributed by atoms with Crippen LogP contribution < -0.4 is 5.32 Å². The summed E-state index contributed by atoms with van der Waals surface area (Å²) in [6, 6.07) is 4.69. The van der Waals surface area contributed by atoms with Gasteiger partial charge in [0.25, 0.3) is 0 Å². The van der Waals surface area contributed by atoms with Crippen molar-refractivity contribution in [3.8, 4) is 11.3 Å². The van der Waals surface area contributed by atoms with Crippen molar-refractivity contribution in [1.82, 2.24) is 24.9 Å². The maximum atomic E-state index is 4.42. The Kier molecular flexibility index (Phi) is 3.67. The number of fused-ring (bicyclic) bond motifs is 3. The molecular weight excluding hydrogens is 348 g/mol. The van der Waals surface area contributed by atoms with Crippen LogP contribution in [0.25, 0.3) is 11.3 Å². The molecule has 6 atom stereocenters. The molecule has 0 radical (unpaired) electrons. The second-order valence-corrected chi connectivity index (χ2v) is 9.36. The summed E-state index contributed by atoms with van der Waals surface area (Å²) in [5.41, 5.74) is 2.93. The van der Waals surface area contributed by atoms with E-state index >= 15 is 0 Å². The van der Waals surface area contributed by atoms with Gasteiger partial charge in [0.1, 0.15) is 5.82 Å². The molecule has 0 amide bonds. The van der Waals surface area contributed by atoms with Crippen molar-refractivity contribution in [3.63, 3.8) is 0 Å². The van der Waals surface area contributed by atoms with E-state index in [1.165, 1.54) is 32.5 Å². The lowest BCUT2D eigenvalue weighted by atomic mass is 9.93. The molecule has 1 N–H and O–H groups in total. The Morgan fingerprint density at radius 2 is 1.96 bits per heavy atom. The van der Waals surface area contributed by atoms with E-state index in [-0.39, 0.29) is 0 Å². The molecule has 2 aromatic rings. The number of nitrogens with zero attached hydrogens (tertiary/aromatic N) is 5. The van der Waals surface area contributed by atoms with Gasteiger partial charge >= 0.3 is 0 Å². The van der Waals surface area contributed by atoms with Crippen LogP contribution in [0.3, 0.4) is 0 Å². The molecule has 0 spiro atoms. The summed E-state index contributed by atoms with van der Waals surface area (Å²) in [5.74, 6) is 5.14. The summed E-state index contributed by atoms with van der Waals surface area (Å²) >= 11 is 0. The van der Waals surface area contributed by atoms with Crippen LogP contribution in [-0.2, 0) is 7.05 Å². The fourth-order valence-electron chi connectivity index (χ4n) is 5.99. The maximum Gasteiger partial charge on any atom is 0.148 e. The summed E-state index contributed by atoms with van der Waals surface area (Å²) in [4.78, 5) is 2.71. The van der Waals surface area contributed by atoms with E-state index in [9.17, 15) is 0 Å². The van der Waals surface area contributed by atoms with E-state index in [2.05, 4.69) is 43.7 Å². The SMILES string of the molecule is Cc1nn(C)cc1-c1ccc(N[C@@H]2C3CN(CC4CC5C=CC4C5)C[C@H]32)nn1. The number of aryl methyl sites for hydroxylation is 2. The normalized spacial score (nSPS) is 35.5. The molecule has 4 unspecified atom stereocenters. The summed E-state index contributed by atoms with van der Waals surface area (Å²) in [6.07, 6.45) is 9.77. The molecule has 2 aromatic heterocycles. The highest BCUT2D eigenvalue weighted by Crippen LogP contribution is 2.49. The predicted octanol–water partition coefficient (Wildman–Crippen LogP) is 2.74. The zero-order valence-corrected chi connectivity index (χ0v) is 16.6. The highest BCUT2D eigenvalue weighted by atomic mass is 15.3. The quantitative estimate of drug-likeness (QED) is 0.813. The first-order valence-corrected chi connectivity index (χ1v) is 10.7. The van der Waals surface area contributed by atoms with E-state index in [0.717, 1.165) is 52.4 Å². The van der Waals surface area contributed by atoms with Crippen LogP contribution in [0, 0.1) is 36.5 Å². The van der Waals surface area contributed by atoms with Crippen LogP contribution in [0.5, 0.6) is 0 Å². The van der Waals surface area contributed by atoms with Gasteiger partial charge in [-0.25, -0.2) is 0 Å². The van der Waals surface area contributed by atoms with Gasteiger partial charge in [0, 0.05) is 44.5 Å². The zero-order chi connectivity index (χ0) is 18.8. The Hall–Kier alpha value is -2.21.